The van der Waals surface area contributed by atoms with Crippen molar-refractivity contribution in [1.29, 1.82) is 0 Å². The average Bonchev–Trinajstić information content (AvgIpc) is 3.09. The number of aromatic nitrogens is 2. The number of carbonyl (C=O) groups is 1. The number of benzene rings is 1. The molecule has 9 heteroatoms. The summed E-state index contributed by atoms with van der Waals surface area (Å²) in [5.74, 6) is 0.0860. The molecule has 2 aromatic rings. The third-order valence-corrected chi connectivity index (χ3v) is 5.19. The van der Waals surface area contributed by atoms with E-state index in [-0.39, 0.29) is 12.2 Å². The molecule has 0 saturated heterocycles. The molecular formula is C19H19N3O6. The monoisotopic (exact) mass is 385 g/mol. The molecule has 0 spiro atoms. The summed E-state index contributed by atoms with van der Waals surface area (Å²) in [7, 11) is 6.01. The molecule has 4 rings (SSSR count). The van der Waals surface area contributed by atoms with Crippen LogP contribution in [0.3, 0.4) is 0 Å². The molecular weight excluding hydrogens is 366 g/mol. The van der Waals surface area contributed by atoms with Gasteiger partial charge in [0.15, 0.2) is 0 Å². The van der Waals surface area contributed by atoms with Crippen LogP contribution in [0.25, 0.3) is 0 Å². The minimum absolute atomic E-state index is 0.0415. The summed E-state index contributed by atoms with van der Waals surface area (Å²) in [6, 6.07) is 5.16. The lowest BCUT2D eigenvalue weighted by atomic mass is 9.82. The standard InChI is InChI=1S/C19H19N3O6/c1-21-16-15(17(23)22(2)19(21)25)13(14-11(20-16)8-28-18(14)24)10-7-9(26-3)5-6-12(10)27-4/h5-7,13,20H,8H2,1-4H3. The lowest BCUT2D eigenvalue weighted by Gasteiger charge is -2.29. The largest absolute Gasteiger partial charge is 0.497 e. The number of cyclic esters (lactones) is 1. The Morgan fingerprint density at radius 3 is 2.54 bits per heavy atom. The van der Waals surface area contributed by atoms with Gasteiger partial charge in [-0.25, -0.2) is 9.59 Å². The van der Waals surface area contributed by atoms with Crippen LogP contribution in [0.2, 0.25) is 0 Å². The second kappa shape index (κ2) is 6.29. The van der Waals surface area contributed by atoms with E-state index in [1.807, 2.05) is 0 Å². The van der Waals surface area contributed by atoms with Crippen LogP contribution in [0, 0.1) is 0 Å². The molecule has 2 aliphatic heterocycles. The fraction of sp³-hybridized carbons (Fsp3) is 0.316. The first kappa shape index (κ1) is 17.9. The average molecular weight is 385 g/mol. The smallest absolute Gasteiger partial charge is 0.337 e. The number of anilines is 1. The molecule has 1 atom stereocenters. The van der Waals surface area contributed by atoms with E-state index in [9.17, 15) is 14.4 Å². The van der Waals surface area contributed by atoms with Crippen molar-refractivity contribution in [2.45, 2.75) is 5.92 Å². The van der Waals surface area contributed by atoms with Crippen molar-refractivity contribution >= 4 is 11.8 Å². The number of hydrogen-bond donors (Lipinski definition) is 1. The number of hydrogen-bond acceptors (Lipinski definition) is 7. The van der Waals surface area contributed by atoms with Crippen molar-refractivity contribution in [3.63, 3.8) is 0 Å². The number of ether oxygens (including phenoxy) is 3. The topological polar surface area (TPSA) is 101 Å². The fourth-order valence-electron chi connectivity index (χ4n) is 3.76. The van der Waals surface area contributed by atoms with Crippen molar-refractivity contribution in [3.05, 3.63) is 61.4 Å². The van der Waals surface area contributed by atoms with Crippen LogP contribution in [0.5, 0.6) is 11.5 Å². The predicted molar refractivity (Wildman–Crippen MR) is 99.9 cm³/mol. The Labute approximate surface area is 159 Å². The van der Waals surface area contributed by atoms with Gasteiger partial charge in [0.2, 0.25) is 0 Å². The van der Waals surface area contributed by atoms with E-state index in [0.29, 0.717) is 34.2 Å². The van der Waals surface area contributed by atoms with Gasteiger partial charge in [-0.1, -0.05) is 0 Å². The van der Waals surface area contributed by atoms with E-state index < -0.39 is 23.1 Å². The highest BCUT2D eigenvalue weighted by Crippen LogP contribution is 2.45. The predicted octanol–water partition coefficient (Wildman–Crippen LogP) is 0.469. The molecule has 1 aromatic heterocycles. The zero-order valence-electron chi connectivity index (χ0n) is 15.9. The Morgan fingerprint density at radius 2 is 1.86 bits per heavy atom. The Bertz CT molecular complexity index is 1160. The van der Waals surface area contributed by atoms with Gasteiger partial charge in [-0.2, -0.15) is 0 Å². The maximum Gasteiger partial charge on any atom is 0.337 e. The Hall–Kier alpha value is -3.49. The molecule has 1 unspecified atom stereocenters. The highest BCUT2D eigenvalue weighted by molar-refractivity contribution is 5.97. The van der Waals surface area contributed by atoms with Gasteiger partial charge in [0, 0.05) is 19.7 Å². The van der Waals surface area contributed by atoms with Gasteiger partial charge in [0.05, 0.1) is 37.0 Å². The molecule has 146 valence electrons. The SMILES string of the molecule is COc1ccc(OC)c(C2C3=C(COC3=O)Nc3c2c(=O)n(C)c(=O)n3C)c1. The van der Waals surface area contributed by atoms with E-state index in [0.717, 1.165) is 4.57 Å². The van der Waals surface area contributed by atoms with Crippen LogP contribution in [0.15, 0.2) is 39.1 Å². The normalized spacial score (nSPS) is 17.6. The minimum atomic E-state index is -0.767. The number of rotatable bonds is 3. The molecule has 0 saturated carbocycles. The highest BCUT2D eigenvalue weighted by Gasteiger charge is 2.42. The van der Waals surface area contributed by atoms with Crippen molar-refractivity contribution in [2.75, 3.05) is 26.1 Å². The maximum atomic E-state index is 13.1. The van der Waals surface area contributed by atoms with Gasteiger partial charge >= 0.3 is 11.7 Å². The number of nitrogens with zero attached hydrogens (tertiary/aromatic N) is 2. The van der Waals surface area contributed by atoms with Crippen LogP contribution in [-0.2, 0) is 23.6 Å². The number of esters is 1. The van der Waals surface area contributed by atoms with Gasteiger partial charge in [-0.3, -0.25) is 13.9 Å². The maximum absolute atomic E-state index is 13.1. The molecule has 28 heavy (non-hydrogen) atoms. The van der Waals surface area contributed by atoms with Gasteiger partial charge in [0.1, 0.15) is 23.9 Å². The summed E-state index contributed by atoms with van der Waals surface area (Å²) in [6.07, 6.45) is 0. The lowest BCUT2D eigenvalue weighted by molar-refractivity contribution is -0.136. The summed E-state index contributed by atoms with van der Waals surface area (Å²) < 4.78 is 18.4. The van der Waals surface area contributed by atoms with Crippen molar-refractivity contribution in [1.82, 2.24) is 9.13 Å². The van der Waals surface area contributed by atoms with Crippen LogP contribution >= 0.6 is 0 Å². The molecule has 1 aromatic carbocycles. The summed E-state index contributed by atoms with van der Waals surface area (Å²) in [6.45, 7) is 0.0415. The number of methoxy groups -OCH3 is 2. The number of fused-ring (bicyclic) bond motifs is 1. The third kappa shape index (κ3) is 2.35. The van der Waals surface area contributed by atoms with Gasteiger partial charge in [0.25, 0.3) is 5.56 Å². The zero-order valence-corrected chi connectivity index (χ0v) is 15.9. The fourth-order valence-corrected chi connectivity index (χ4v) is 3.76. The van der Waals surface area contributed by atoms with Crippen LogP contribution < -0.4 is 26.0 Å². The Balaban J connectivity index is 2.11. The van der Waals surface area contributed by atoms with Crippen molar-refractivity contribution in [2.24, 2.45) is 14.1 Å². The first-order valence-corrected chi connectivity index (χ1v) is 8.58. The van der Waals surface area contributed by atoms with Crippen LogP contribution in [0.4, 0.5) is 5.82 Å². The van der Waals surface area contributed by atoms with E-state index in [1.165, 1.54) is 25.8 Å². The summed E-state index contributed by atoms with van der Waals surface area (Å²) >= 11 is 0. The number of nitrogens with one attached hydrogen (secondary N) is 1. The first-order chi connectivity index (χ1) is 13.4. The molecule has 0 bridgehead atoms. The highest BCUT2D eigenvalue weighted by atomic mass is 16.5. The van der Waals surface area contributed by atoms with Crippen molar-refractivity contribution in [3.8, 4) is 11.5 Å². The quantitative estimate of drug-likeness (QED) is 0.767. The van der Waals surface area contributed by atoms with Gasteiger partial charge in [-0.15, -0.1) is 0 Å². The number of carbonyl (C=O) groups excluding carboxylic acids is 1. The van der Waals surface area contributed by atoms with Gasteiger partial charge in [-0.05, 0) is 18.2 Å². The van der Waals surface area contributed by atoms with Crippen LogP contribution in [0.1, 0.15) is 17.0 Å². The molecule has 0 radical (unpaired) electrons. The Kier molecular flexibility index (Phi) is 4.02. The lowest BCUT2D eigenvalue weighted by Crippen LogP contribution is -2.43. The molecule has 0 amide bonds. The van der Waals surface area contributed by atoms with E-state index >= 15 is 0 Å². The molecule has 0 aliphatic carbocycles. The van der Waals surface area contributed by atoms with E-state index in [1.54, 1.807) is 25.2 Å². The van der Waals surface area contributed by atoms with E-state index in [4.69, 9.17) is 14.2 Å². The van der Waals surface area contributed by atoms with Crippen LogP contribution in [-0.4, -0.2) is 35.9 Å². The molecule has 1 N–H and O–H groups in total. The van der Waals surface area contributed by atoms with Gasteiger partial charge < -0.3 is 19.5 Å². The van der Waals surface area contributed by atoms with E-state index in [2.05, 4.69) is 5.32 Å². The second-order valence-corrected chi connectivity index (χ2v) is 6.60. The molecule has 3 heterocycles. The second-order valence-electron chi connectivity index (χ2n) is 6.60. The summed E-state index contributed by atoms with van der Waals surface area (Å²) in [5, 5.41) is 3.04. The molecule has 0 fully saturated rings. The first-order valence-electron chi connectivity index (χ1n) is 8.58. The summed E-state index contributed by atoms with van der Waals surface area (Å²) in [5.41, 5.74) is 0.736. The molecule has 9 nitrogen and oxygen atoms in total. The van der Waals surface area contributed by atoms with Crippen molar-refractivity contribution < 1.29 is 19.0 Å². The summed E-state index contributed by atoms with van der Waals surface area (Å²) in [4.78, 5) is 38.0. The molecule has 2 aliphatic rings. The Morgan fingerprint density at radius 1 is 1.11 bits per heavy atom. The zero-order chi connectivity index (χ0) is 20.2. The third-order valence-electron chi connectivity index (χ3n) is 5.19. The minimum Gasteiger partial charge on any atom is -0.497 e.